The number of hydrogen-bond donors (Lipinski definition) is 1. The van der Waals surface area contributed by atoms with E-state index in [9.17, 15) is 32.9 Å². The smallest absolute Gasteiger partial charge is 0.416 e. The molecule has 1 N–H and O–H groups in total. The van der Waals surface area contributed by atoms with E-state index in [2.05, 4.69) is 5.32 Å². The van der Waals surface area contributed by atoms with Crippen LogP contribution >= 0.6 is 11.6 Å². The zero-order valence-electron chi connectivity index (χ0n) is 16.0. The van der Waals surface area contributed by atoms with Crippen LogP contribution in [0.15, 0.2) is 18.2 Å². The van der Waals surface area contributed by atoms with Gasteiger partial charge in [-0.1, -0.05) is 0 Å². The molecule has 0 heterocycles. The van der Waals surface area contributed by atoms with Crippen molar-refractivity contribution in [2.45, 2.75) is 39.1 Å². The number of nitrogens with zero attached hydrogens (tertiary/aromatic N) is 2. The van der Waals surface area contributed by atoms with Crippen LogP contribution in [0.25, 0.3) is 0 Å². The summed E-state index contributed by atoms with van der Waals surface area (Å²) >= 11 is 5.52. The van der Waals surface area contributed by atoms with Gasteiger partial charge in [-0.2, -0.15) is 13.2 Å². The average molecular weight is 440 g/mol. The molecule has 162 valence electrons. The van der Waals surface area contributed by atoms with Crippen molar-refractivity contribution in [1.29, 1.82) is 0 Å². The van der Waals surface area contributed by atoms with Gasteiger partial charge >= 0.3 is 12.3 Å². The predicted octanol–water partition coefficient (Wildman–Crippen LogP) is 3.71. The second-order valence-corrected chi connectivity index (χ2v) is 7.24. The predicted molar refractivity (Wildman–Crippen MR) is 98.5 cm³/mol. The maximum absolute atomic E-state index is 13.3. The van der Waals surface area contributed by atoms with Gasteiger partial charge in [-0.05, 0) is 32.4 Å². The fourth-order valence-electron chi connectivity index (χ4n) is 2.27. The summed E-state index contributed by atoms with van der Waals surface area (Å²) in [5, 5.41) is 13.2. The van der Waals surface area contributed by atoms with E-state index in [1.54, 1.807) is 20.8 Å². The van der Waals surface area contributed by atoms with Gasteiger partial charge in [0.2, 0.25) is 5.91 Å². The Morgan fingerprint density at radius 3 is 2.38 bits per heavy atom. The molecule has 0 aromatic heterocycles. The number of alkyl carbamates (subject to hydrolysis) is 1. The van der Waals surface area contributed by atoms with E-state index < -0.39 is 52.4 Å². The first-order chi connectivity index (χ1) is 13.2. The Kier molecular flexibility index (Phi) is 8.25. The summed E-state index contributed by atoms with van der Waals surface area (Å²) in [6, 6.07) is 2.28. The maximum atomic E-state index is 13.3. The van der Waals surface area contributed by atoms with Crippen LogP contribution in [0.1, 0.15) is 31.9 Å². The molecular weight excluding hydrogens is 419 g/mol. The molecule has 0 unspecified atom stereocenters. The molecule has 0 bridgehead atoms. The van der Waals surface area contributed by atoms with Gasteiger partial charge in [0, 0.05) is 31.8 Å². The van der Waals surface area contributed by atoms with E-state index in [0.717, 1.165) is 17.0 Å². The van der Waals surface area contributed by atoms with Crippen LogP contribution in [0.2, 0.25) is 0 Å². The number of carbonyl (C=O) groups is 2. The molecule has 0 spiro atoms. The van der Waals surface area contributed by atoms with Crippen LogP contribution in [0.3, 0.4) is 0 Å². The van der Waals surface area contributed by atoms with Crippen molar-refractivity contribution in [3.63, 3.8) is 0 Å². The molecule has 0 atom stereocenters. The minimum absolute atomic E-state index is 0.0914. The third-order valence-electron chi connectivity index (χ3n) is 3.49. The van der Waals surface area contributed by atoms with Crippen molar-refractivity contribution in [1.82, 2.24) is 10.2 Å². The number of carbonyl (C=O) groups excluding carboxylic acids is 2. The van der Waals surface area contributed by atoms with E-state index in [1.165, 1.54) is 0 Å². The molecule has 0 aliphatic rings. The van der Waals surface area contributed by atoms with E-state index in [0.29, 0.717) is 6.07 Å². The highest BCUT2D eigenvalue weighted by Gasteiger charge is 2.35. The molecule has 1 aromatic rings. The number of nitro benzene ring substituents is 1. The van der Waals surface area contributed by atoms with Gasteiger partial charge in [-0.3, -0.25) is 14.9 Å². The van der Waals surface area contributed by atoms with Crippen LogP contribution < -0.4 is 5.32 Å². The lowest BCUT2D eigenvalue weighted by atomic mass is 10.1. The highest BCUT2D eigenvalue weighted by Crippen LogP contribution is 2.35. The second kappa shape index (κ2) is 9.77. The van der Waals surface area contributed by atoms with E-state index in [4.69, 9.17) is 16.3 Å². The number of nitrogens with one attached hydrogen (secondary N) is 1. The Morgan fingerprint density at radius 1 is 1.28 bits per heavy atom. The van der Waals surface area contributed by atoms with Crippen molar-refractivity contribution in [3.8, 4) is 0 Å². The lowest BCUT2D eigenvalue weighted by Crippen LogP contribution is -2.40. The lowest BCUT2D eigenvalue weighted by molar-refractivity contribution is -0.385. The third kappa shape index (κ3) is 8.14. The SMILES string of the molecule is CC(C)(C)OC(=O)NCCN(Cc1ccc([N+](=O)[O-])cc1C(F)(F)F)C(=O)CCl. The zero-order chi connectivity index (χ0) is 22.4. The summed E-state index contributed by atoms with van der Waals surface area (Å²) in [6.07, 6.45) is -5.60. The largest absolute Gasteiger partial charge is 0.444 e. The first-order valence-electron chi connectivity index (χ1n) is 8.39. The summed E-state index contributed by atoms with van der Waals surface area (Å²) < 4.78 is 45.0. The number of non-ortho nitro benzene ring substituents is 1. The molecule has 1 rings (SSSR count). The number of amides is 2. The quantitative estimate of drug-likeness (QED) is 0.396. The standard InChI is InChI=1S/C17H21ClF3N3O5/c1-16(2,3)29-15(26)22-6-7-23(14(25)9-18)10-11-4-5-12(24(27)28)8-13(11)17(19,20)21/h4-5,8H,6-7,9-10H2,1-3H3,(H,22,26). The van der Waals surface area contributed by atoms with Crippen molar-refractivity contribution in [2.75, 3.05) is 19.0 Å². The normalized spacial score (nSPS) is 11.7. The lowest BCUT2D eigenvalue weighted by Gasteiger charge is -2.25. The van der Waals surface area contributed by atoms with E-state index in [-0.39, 0.29) is 18.7 Å². The Morgan fingerprint density at radius 2 is 1.90 bits per heavy atom. The number of rotatable bonds is 7. The molecule has 0 fully saturated rings. The Bertz CT molecular complexity index is 766. The summed E-state index contributed by atoms with van der Waals surface area (Å²) in [6.45, 7) is 4.24. The van der Waals surface area contributed by atoms with Gasteiger partial charge in [0.25, 0.3) is 5.69 Å². The molecule has 29 heavy (non-hydrogen) atoms. The van der Waals surface area contributed by atoms with Crippen LogP contribution in [-0.2, 0) is 22.3 Å². The van der Waals surface area contributed by atoms with Gasteiger partial charge in [0.05, 0.1) is 10.5 Å². The molecule has 0 aliphatic carbocycles. The highest BCUT2D eigenvalue weighted by molar-refractivity contribution is 6.27. The molecule has 0 saturated carbocycles. The molecule has 0 radical (unpaired) electrons. The number of benzene rings is 1. The van der Waals surface area contributed by atoms with Crippen LogP contribution in [-0.4, -0.2) is 46.4 Å². The van der Waals surface area contributed by atoms with Crippen molar-refractivity contribution in [2.24, 2.45) is 0 Å². The average Bonchev–Trinajstić information content (AvgIpc) is 2.57. The van der Waals surface area contributed by atoms with Gasteiger partial charge in [0.15, 0.2) is 0 Å². The fourth-order valence-corrected chi connectivity index (χ4v) is 2.44. The number of halogens is 4. The first-order valence-corrected chi connectivity index (χ1v) is 8.93. The highest BCUT2D eigenvalue weighted by atomic mass is 35.5. The van der Waals surface area contributed by atoms with Crippen LogP contribution in [0.5, 0.6) is 0 Å². The Hall–Kier alpha value is -2.56. The summed E-state index contributed by atoms with van der Waals surface area (Å²) in [4.78, 5) is 34.5. The molecule has 0 aliphatic heterocycles. The number of ether oxygens (including phenoxy) is 1. The second-order valence-electron chi connectivity index (χ2n) is 6.97. The van der Waals surface area contributed by atoms with Crippen molar-refractivity contribution >= 4 is 29.3 Å². The number of nitro groups is 1. The molecule has 2 amide bonds. The summed E-state index contributed by atoms with van der Waals surface area (Å²) in [5.74, 6) is -1.15. The van der Waals surface area contributed by atoms with Crippen molar-refractivity contribution in [3.05, 3.63) is 39.4 Å². The molecule has 0 saturated heterocycles. The maximum Gasteiger partial charge on any atom is 0.416 e. The molecular formula is C17H21ClF3N3O5. The fraction of sp³-hybridized carbons (Fsp3) is 0.529. The Balaban J connectivity index is 2.97. The van der Waals surface area contributed by atoms with Crippen LogP contribution in [0, 0.1) is 10.1 Å². The van der Waals surface area contributed by atoms with Gasteiger partial charge in [-0.25, -0.2) is 4.79 Å². The minimum Gasteiger partial charge on any atom is -0.444 e. The molecule has 8 nitrogen and oxygen atoms in total. The topological polar surface area (TPSA) is 102 Å². The summed E-state index contributed by atoms with van der Waals surface area (Å²) in [7, 11) is 0. The van der Waals surface area contributed by atoms with Gasteiger partial charge in [-0.15, -0.1) is 11.6 Å². The molecule has 12 heteroatoms. The monoisotopic (exact) mass is 439 g/mol. The summed E-state index contributed by atoms with van der Waals surface area (Å²) in [5.41, 5.74) is -3.02. The number of alkyl halides is 4. The minimum atomic E-state index is -4.86. The van der Waals surface area contributed by atoms with Gasteiger partial charge in [0.1, 0.15) is 11.5 Å². The van der Waals surface area contributed by atoms with E-state index >= 15 is 0 Å². The van der Waals surface area contributed by atoms with Crippen molar-refractivity contribution < 1.29 is 32.4 Å². The van der Waals surface area contributed by atoms with E-state index in [1.807, 2.05) is 0 Å². The zero-order valence-corrected chi connectivity index (χ0v) is 16.8. The first kappa shape index (κ1) is 24.5. The van der Waals surface area contributed by atoms with Crippen LogP contribution in [0.4, 0.5) is 23.7 Å². The Labute approximate surface area is 170 Å². The molecule has 1 aromatic carbocycles. The number of hydrogen-bond acceptors (Lipinski definition) is 5. The van der Waals surface area contributed by atoms with Gasteiger partial charge < -0.3 is 15.0 Å². The third-order valence-corrected chi connectivity index (χ3v) is 3.72.